The van der Waals surface area contributed by atoms with Gasteiger partial charge >= 0.3 is 11.9 Å². The van der Waals surface area contributed by atoms with Crippen molar-refractivity contribution in [1.29, 1.82) is 0 Å². The van der Waals surface area contributed by atoms with Crippen molar-refractivity contribution in [2.45, 2.75) is 103 Å². The number of ether oxygens (including phenoxy) is 1. The zero-order valence-electron chi connectivity index (χ0n) is 14.2. The Hall–Kier alpha value is -0.650. The topological polar surface area (TPSA) is 87.0 Å². The molecule has 0 saturated carbocycles. The second-order valence-electron chi connectivity index (χ2n) is 6.10. The lowest BCUT2D eigenvalue weighted by Gasteiger charge is -2.22. The van der Waals surface area contributed by atoms with Crippen LogP contribution in [0.3, 0.4) is 0 Å². The normalized spacial score (nSPS) is 13.1. The second-order valence-corrected chi connectivity index (χ2v) is 6.10. The Bertz CT molecular complexity index is 273. The lowest BCUT2D eigenvalue weighted by atomic mass is 10.1. The fraction of sp³-hybridized carbons (Fsp3) is 0.941. The van der Waals surface area contributed by atoms with E-state index in [0.29, 0.717) is 0 Å². The van der Waals surface area contributed by atoms with Crippen LogP contribution in [0.2, 0.25) is 0 Å². The van der Waals surface area contributed by atoms with Gasteiger partial charge in [0.05, 0.1) is 0 Å². The van der Waals surface area contributed by atoms with Crippen LogP contribution in [0.25, 0.3) is 0 Å². The summed E-state index contributed by atoms with van der Waals surface area (Å²) in [6.07, 6.45) is 12.2. The Labute approximate surface area is 134 Å². The van der Waals surface area contributed by atoms with Crippen LogP contribution < -0.4 is 0 Å². The van der Waals surface area contributed by atoms with E-state index in [-0.39, 0.29) is 6.42 Å². The van der Waals surface area contributed by atoms with E-state index in [9.17, 15) is 4.79 Å². The van der Waals surface area contributed by atoms with E-state index in [1.807, 2.05) is 0 Å². The molecule has 132 valence electrons. The third kappa shape index (κ3) is 13.0. The second kappa shape index (κ2) is 12.9. The lowest BCUT2D eigenvalue weighted by molar-refractivity contribution is -0.352. The Morgan fingerprint density at radius 3 is 1.68 bits per heavy atom. The van der Waals surface area contributed by atoms with Crippen LogP contribution in [0.1, 0.15) is 90.9 Å². The van der Waals surface area contributed by atoms with Crippen molar-refractivity contribution in [1.82, 2.24) is 0 Å². The van der Waals surface area contributed by atoms with Gasteiger partial charge in [0.1, 0.15) is 0 Å². The zero-order chi connectivity index (χ0) is 16.8. The molecule has 0 heterocycles. The molecule has 0 aliphatic rings. The van der Waals surface area contributed by atoms with E-state index in [0.717, 1.165) is 19.3 Å². The molecule has 0 rings (SSSR count). The molecule has 5 heteroatoms. The van der Waals surface area contributed by atoms with Gasteiger partial charge in [-0.3, -0.25) is 4.79 Å². The van der Waals surface area contributed by atoms with E-state index in [2.05, 4.69) is 6.92 Å². The molecule has 0 aromatic carbocycles. The maximum atomic E-state index is 11.4. The Kier molecular flexibility index (Phi) is 12.5. The van der Waals surface area contributed by atoms with E-state index in [1.54, 1.807) is 0 Å². The summed E-state index contributed by atoms with van der Waals surface area (Å²) in [7, 11) is 0. The van der Waals surface area contributed by atoms with Crippen LogP contribution in [0, 0.1) is 0 Å². The molecule has 1 atom stereocenters. The minimum absolute atomic E-state index is 0.247. The van der Waals surface area contributed by atoms with Crippen LogP contribution in [0.5, 0.6) is 0 Å². The summed E-state index contributed by atoms with van der Waals surface area (Å²) < 4.78 is 4.72. The van der Waals surface area contributed by atoms with Crippen molar-refractivity contribution < 1.29 is 24.9 Å². The highest BCUT2D eigenvalue weighted by molar-refractivity contribution is 5.69. The molecule has 0 bridgehead atoms. The molecular weight excluding hydrogens is 284 g/mol. The first-order valence-corrected chi connectivity index (χ1v) is 8.74. The molecule has 0 radical (unpaired) electrons. The first kappa shape index (κ1) is 21.4. The fourth-order valence-corrected chi connectivity index (χ4v) is 2.27. The average molecular weight is 318 g/mol. The summed E-state index contributed by atoms with van der Waals surface area (Å²) in [5, 5.41) is 26.5. The van der Waals surface area contributed by atoms with Crippen molar-refractivity contribution in [3.63, 3.8) is 0 Å². The van der Waals surface area contributed by atoms with Crippen molar-refractivity contribution in [2.75, 3.05) is 0 Å². The third-order valence-electron chi connectivity index (χ3n) is 3.84. The molecule has 22 heavy (non-hydrogen) atoms. The van der Waals surface area contributed by atoms with Gasteiger partial charge in [-0.1, -0.05) is 71.1 Å². The standard InChI is InChI=1S/C17H34O5/c1-3-4-5-6-7-8-9-10-11-12-13-14-16(18)22-15(2)17(19,20)21/h15,19-21H,3-14H2,1-2H3. The SMILES string of the molecule is CCCCCCCCCCCCCC(=O)OC(C)C(O)(O)O. The number of aliphatic hydroxyl groups is 3. The highest BCUT2D eigenvalue weighted by Gasteiger charge is 2.31. The molecular formula is C17H34O5. The average Bonchev–Trinajstić information content (AvgIpc) is 2.43. The van der Waals surface area contributed by atoms with Crippen LogP contribution >= 0.6 is 0 Å². The monoisotopic (exact) mass is 318 g/mol. The number of carbonyl (C=O) groups excluding carboxylic acids is 1. The summed E-state index contributed by atoms with van der Waals surface area (Å²) >= 11 is 0. The molecule has 0 aliphatic carbocycles. The molecule has 5 nitrogen and oxygen atoms in total. The minimum atomic E-state index is -2.97. The number of carbonyl (C=O) groups is 1. The predicted octanol–water partition coefficient (Wildman–Crippen LogP) is 3.25. The van der Waals surface area contributed by atoms with Gasteiger partial charge in [-0.05, 0) is 13.3 Å². The van der Waals surface area contributed by atoms with Gasteiger partial charge in [-0.25, -0.2) is 0 Å². The van der Waals surface area contributed by atoms with Gasteiger partial charge < -0.3 is 20.1 Å². The molecule has 0 aromatic rings. The van der Waals surface area contributed by atoms with Crippen LogP contribution in [0.4, 0.5) is 0 Å². The number of hydrogen-bond donors (Lipinski definition) is 3. The van der Waals surface area contributed by atoms with E-state index >= 15 is 0 Å². The largest absolute Gasteiger partial charge is 0.454 e. The molecule has 3 N–H and O–H groups in total. The number of rotatable bonds is 14. The van der Waals surface area contributed by atoms with Crippen molar-refractivity contribution >= 4 is 5.97 Å². The predicted molar refractivity (Wildman–Crippen MR) is 86.0 cm³/mol. The quantitative estimate of drug-likeness (QED) is 0.260. The first-order chi connectivity index (χ1) is 10.4. The molecule has 0 aliphatic heterocycles. The number of esters is 1. The summed E-state index contributed by atoms with van der Waals surface area (Å²) in [6, 6.07) is 0. The molecule has 0 aromatic heterocycles. The summed E-state index contributed by atoms with van der Waals surface area (Å²) in [5.74, 6) is -3.47. The summed E-state index contributed by atoms with van der Waals surface area (Å²) in [6.45, 7) is 3.46. The molecule has 0 spiro atoms. The van der Waals surface area contributed by atoms with Crippen LogP contribution in [0.15, 0.2) is 0 Å². The smallest absolute Gasteiger partial charge is 0.314 e. The van der Waals surface area contributed by atoms with E-state index in [1.165, 1.54) is 58.3 Å². The van der Waals surface area contributed by atoms with Crippen molar-refractivity contribution in [2.24, 2.45) is 0 Å². The van der Waals surface area contributed by atoms with Gasteiger partial charge in [0.15, 0.2) is 6.10 Å². The number of unbranched alkanes of at least 4 members (excludes halogenated alkanes) is 10. The van der Waals surface area contributed by atoms with Crippen LogP contribution in [-0.2, 0) is 9.53 Å². The Morgan fingerprint density at radius 2 is 1.27 bits per heavy atom. The van der Waals surface area contributed by atoms with Crippen molar-refractivity contribution in [3.8, 4) is 0 Å². The maximum absolute atomic E-state index is 11.4. The summed E-state index contributed by atoms with van der Waals surface area (Å²) in [5.41, 5.74) is 0. The minimum Gasteiger partial charge on any atom is -0.454 e. The van der Waals surface area contributed by atoms with E-state index in [4.69, 9.17) is 20.1 Å². The van der Waals surface area contributed by atoms with Gasteiger partial charge in [0.2, 0.25) is 0 Å². The molecule has 0 fully saturated rings. The highest BCUT2D eigenvalue weighted by Crippen LogP contribution is 2.13. The maximum Gasteiger partial charge on any atom is 0.314 e. The first-order valence-electron chi connectivity index (χ1n) is 8.74. The van der Waals surface area contributed by atoms with Gasteiger partial charge in [-0.2, -0.15) is 0 Å². The molecule has 0 saturated heterocycles. The third-order valence-corrected chi connectivity index (χ3v) is 3.84. The summed E-state index contributed by atoms with van der Waals surface area (Å²) in [4.78, 5) is 11.4. The van der Waals surface area contributed by atoms with Gasteiger partial charge in [-0.15, -0.1) is 0 Å². The van der Waals surface area contributed by atoms with Gasteiger partial charge in [0.25, 0.3) is 0 Å². The van der Waals surface area contributed by atoms with Crippen molar-refractivity contribution in [3.05, 3.63) is 0 Å². The van der Waals surface area contributed by atoms with Crippen LogP contribution in [-0.4, -0.2) is 33.4 Å². The zero-order valence-corrected chi connectivity index (χ0v) is 14.2. The fourth-order valence-electron chi connectivity index (χ4n) is 2.27. The Morgan fingerprint density at radius 1 is 0.864 bits per heavy atom. The highest BCUT2D eigenvalue weighted by atomic mass is 16.7. The van der Waals surface area contributed by atoms with Gasteiger partial charge in [0, 0.05) is 6.42 Å². The number of hydrogen-bond acceptors (Lipinski definition) is 5. The Balaban J connectivity index is 3.34. The van der Waals surface area contributed by atoms with E-state index < -0.39 is 18.0 Å². The molecule has 1 unspecified atom stereocenters. The lowest BCUT2D eigenvalue weighted by Crippen LogP contribution is -2.42. The molecule has 0 amide bonds.